The summed E-state index contributed by atoms with van der Waals surface area (Å²) < 4.78 is 0. The van der Waals surface area contributed by atoms with Crippen LogP contribution < -0.4 is 10.2 Å². The monoisotopic (exact) mass is 282 g/mol. The lowest BCUT2D eigenvalue weighted by Gasteiger charge is -2.28. The van der Waals surface area contributed by atoms with Crippen LogP contribution in [0, 0.1) is 0 Å². The molecule has 0 saturated carbocycles. The van der Waals surface area contributed by atoms with Crippen molar-refractivity contribution in [3.05, 3.63) is 60.8 Å². The van der Waals surface area contributed by atoms with Crippen LogP contribution in [0.2, 0.25) is 0 Å². The minimum atomic E-state index is 0.354. The number of hydrogen-bond acceptors (Lipinski definition) is 4. The maximum atomic E-state index is 4.58. The Morgan fingerprint density at radius 1 is 1.24 bits per heavy atom. The highest BCUT2D eigenvalue weighted by molar-refractivity contribution is 5.44. The van der Waals surface area contributed by atoms with Gasteiger partial charge in [-0.3, -0.25) is 0 Å². The summed E-state index contributed by atoms with van der Waals surface area (Å²) in [7, 11) is 0. The Morgan fingerprint density at radius 2 is 2.00 bits per heavy atom. The van der Waals surface area contributed by atoms with Crippen LogP contribution in [0.15, 0.2) is 55.3 Å². The molecule has 0 saturated heterocycles. The van der Waals surface area contributed by atoms with E-state index in [1.165, 1.54) is 5.56 Å². The quantitative estimate of drug-likeness (QED) is 0.789. The maximum Gasteiger partial charge on any atom is 0.224 e. The first-order chi connectivity index (χ1) is 10.2. The molecule has 0 aliphatic heterocycles. The molecule has 0 aliphatic rings. The molecule has 4 heteroatoms. The highest BCUT2D eigenvalue weighted by Crippen LogP contribution is 2.18. The lowest BCUT2D eigenvalue weighted by atomic mass is 10.2. The van der Waals surface area contributed by atoms with Gasteiger partial charge in [-0.15, -0.1) is 6.58 Å². The molecule has 0 spiro atoms. The van der Waals surface area contributed by atoms with Crippen molar-refractivity contribution >= 4 is 11.8 Å². The molecule has 2 aromatic rings. The molecule has 0 atom stereocenters. The van der Waals surface area contributed by atoms with E-state index in [-0.39, 0.29) is 0 Å². The van der Waals surface area contributed by atoms with Crippen LogP contribution in [-0.4, -0.2) is 22.6 Å². The zero-order chi connectivity index (χ0) is 15.1. The Kier molecular flexibility index (Phi) is 5.32. The van der Waals surface area contributed by atoms with Gasteiger partial charge in [0.25, 0.3) is 0 Å². The number of benzene rings is 1. The Balaban J connectivity index is 2.19. The van der Waals surface area contributed by atoms with Crippen LogP contribution in [0.25, 0.3) is 0 Å². The van der Waals surface area contributed by atoms with Crippen molar-refractivity contribution in [1.29, 1.82) is 0 Å². The fourth-order valence-electron chi connectivity index (χ4n) is 2.07. The highest BCUT2D eigenvalue weighted by atomic mass is 15.2. The molecule has 1 aromatic heterocycles. The highest BCUT2D eigenvalue weighted by Gasteiger charge is 2.13. The van der Waals surface area contributed by atoms with Gasteiger partial charge < -0.3 is 10.2 Å². The molecule has 1 heterocycles. The van der Waals surface area contributed by atoms with Gasteiger partial charge in [0.15, 0.2) is 0 Å². The fourth-order valence-corrected chi connectivity index (χ4v) is 2.07. The first kappa shape index (κ1) is 15.0. The third-order valence-electron chi connectivity index (χ3n) is 3.16. The number of anilines is 2. The van der Waals surface area contributed by atoms with Crippen molar-refractivity contribution in [2.24, 2.45) is 0 Å². The van der Waals surface area contributed by atoms with Crippen molar-refractivity contribution in [1.82, 2.24) is 9.97 Å². The molecule has 0 radical (unpaired) electrons. The van der Waals surface area contributed by atoms with Gasteiger partial charge >= 0.3 is 0 Å². The van der Waals surface area contributed by atoms with Gasteiger partial charge in [-0.2, -0.15) is 4.98 Å². The summed E-state index contributed by atoms with van der Waals surface area (Å²) in [6, 6.07) is 12.7. The molecule has 0 amide bonds. The van der Waals surface area contributed by atoms with Gasteiger partial charge in [0, 0.05) is 25.3 Å². The summed E-state index contributed by atoms with van der Waals surface area (Å²) >= 11 is 0. The van der Waals surface area contributed by atoms with Crippen LogP contribution in [0.1, 0.15) is 19.4 Å². The standard InChI is InChI=1S/C17H22N4/c1-4-11-18-17-19-12-10-16(20-17)21(14(2)3)13-15-8-6-5-7-9-15/h4-10,12,14H,1,11,13H2,2-3H3,(H,18,19,20). The van der Waals surface area contributed by atoms with Gasteiger partial charge in [0.05, 0.1) is 0 Å². The fraction of sp³-hybridized carbons (Fsp3) is 0.294. The van der Waals surface area contributed by atoms with E-state index in [9.17, 15) is 0 Å². The van der Waals surface area contributed by atoms with Crippen molar-refractivity contribution < 1.29 is 0 Å². The second kappa shape index (κ2) is 7.43. The zero-order valence-electron chi connectivity index (χ0n) is 12.7. The van der Waals surface area contributed by atoms with Crippen molar-refractivity contribution in [2.45, 2.75) is 26.4 Å². The summed E-state index contributed by atoms with van der Waals surface area (Å²) in [5.41, 5.74) is 1.27. The van der Waals surface area contributed by atoms with E-state index in [1.54, 1.807) is 12.3 Å². The summed E-state index contributed by atoms with van der Waals surface area (Å²) in [4.78, 5) is 11.1. The molecular formula is C17H22N4. The number of rotatable bonds is 7. The average molecular weight is 282 g/mol. The van der Waals surface area contributed by atoms with E-state index >= 15 is 0 Å². The van der Waals surface area contributed by atoms with Gasteiger partial charge in [-0.05, 0) is 25.5 Å². The lowest BCUT2D eigenvalue weighted by Crippen LogP contribution is -2.31. The normalized spacial score (nSPS) is 10.4. The molecule has 0 unspecified atom stereocenters. The van der Waals surface area contributed by atoms with Crippen LogP contribution in [0.5, 0.6) is 0 Å². The molecular weight excluding hydrogens is 260 g/mol. The maximum absolute atomic E-state index is 4.58. The van der Waals surface area contributed by atoms with Crippen molar-refractivity contribution in [3.8, 4) is 0 Å². The van der Waals surface area contributed by atoms with Gasteiger partial charge in [0.2, 0.25) is 5.95 Å². The van der Waals surface area contributed by atoms with Gasteiger partial charge in [-0.25, -0.2) is 4.98 Å². The number of aromatic nitrogens is 2. The Labute approximate surface area is 126 Å². The Morgan fingerprint density at radius 3 is 2.67 bits per heavy atom. The SMILES string of the molecule is C=CCNc1nccc(N(Cc2ccccc2)C(C)C)n1. The molecule has 1 aromatic carbocycles. The van der Waals surface area contributed by atoms with Crippen LogP contribution in [0.4, 0.5) is 11.8 Å². The predicted octanol–water partition coefficient (Wildman–Crippen LogP) is 3.49. The van der Waals surface area contributed by atoms with Gasteiger partial charge in [-0.1, -0.05) is 36.4 Å². The molecule has 0 aliphatic carbocycles. The van der Waals surface area contributed by atoms with E-state index < -0.39 is 0 Å². The first-order valence-corrected chi connectivity index (χ1v) is 7.19. The summed E-state index contributed by atoms with van der Waals surface area (Å²) in [6.45, 7) is 9.51. The zero-order valence-corrected chi connectivity index (χ0v) is 12.7. The molecule has 0 bridgehead atoms. The second-order valence-electron chi connectivity index (χ2n) is 5.12. The number of hydrogen-bond donors (Lipinski definition) is 1. The minimum Gasteiger partial charge on any atom is -0.351 e. The number of nitrogens with one attached hydrogen (secondary N) is 1. The molecule has 110 valence electrons. The minimum absolute atomic E-state index is 0.354. The van der Waals surface area contributed by atoms with Crippen LogP contribution >= 0.6 is 0 Å². The Hall–Kier alpha value is -2.36. The summed E-state index contributed by atoms with van der Waals surface area (Å²) in [5.74, 6) is 1.56. The van der Waals surface area contributed by atoms with Crippen molar-refractivity contribution in [3.63, 3.8) is 0 Å². The van der Waals surface area contributed by atoms with E-state index in [4.69, 9.17) is 0 Å². The van der Waals surface area contributed by atoms with E-state index in [0.29, 0.717) is 18.5 Å². The van der Waals surface area contributed by atoms with E-state index in [1.807, 2.05) is 12.1 Å². The second-order valence-corrected chi connectivity index (χ2v) is 5.12. The average Bonchev–Trinajstić information content (AvgIpc) is 2.51. The summed E-state index contributed by atoms with van der Waals surface area (Å²) in [6.07, 6.45) is 3.58. The van der Waals surface area contributed by atoms with Gasteiger partial charge in [0.1, 0.15) is 5.82 Å². The third kappa shape index (κ3) is 4.31. The van der Waals surface area contributed by atoms with E-state index in [2.05, 4.69) is 64.9 Å². The molecule has 2 rings (SSSR count). The topological polar surface area (TPSA) is 41.1 Å². The number of nitrogens with zero attached hydrogens (tertiary/aromatic N) is 3. The molecule has 0 fully saturated rings. The molecule has 1 N–H and O–H groups in total. The predicted molar refractivity (Wildman–Crippen MR) is 88.5 cm³/mol. The lowest BCUT2D eigenvalue weighted by molar-refractivity contribution is 0.671. The van der Waals surface area contributed by atoms with Crippen LogP contribution in [0.3, 0.4) is 0 Å². The first-order valence-electron chi connectivity index (χ1n) is 7.19. The third-order valence-corrected chi connectivity index (χ3v) is 3.16. The summed E-state index contributed by atoms with van der Waals surface area (Å²) in [5, 5.41) is 3.13. The van der Waals surface area contributed by atoms with E-state index in [0.717, 1.165) is 12.4 Å². The molecule has 21 heavy (non-hydrogen) atoms. The van der Waals surface area contributed by atoms with Crippen molar-refractivity contribution in [2.75, 3.05) is 16.8 Å². The Bertz CT molecular complexity index is 566. The van der Waals surface area contributed by atoms with Crippen LogP contribution in [-0.2, 0) is 6.54 Å². The smallest absolute Gasteiger partial charge is 0.224 e. The largest absolute Gasteiger partial charge is 0.351 e. The molecule has 4 nitrogen and oxygen atoms in total.